The summed E-state index contributed by atoms with van der Waals surface area (Å²) < 4.78 is 25.9. The zero-order valence-electron chi connectivity index (χ0n) is 23.5. The lowest BCUT2D eigenvalue weighted by Crippen LogP contribution is -2.27. The Bertz CT molecular complexity index is 1400. The number of benzene rings is 2. The molecule has 1 aliphatic heterocycles. The lowest BCUT2D eigenvalue weighted by Gasteiger charge is -2.26. The molecule has 0 unspecified atom stereocenters. The molecule has 1 saturated heterocycles. The van der Waals surface area contributed by atoms with Crippen LogP contribution in [-0.2, 0) is 16.3 Å². The zero-order chi connectivity index (χ0) is 28.2. The van der Waals surface area contributed by atoms with Gasteiger partial charge in [0.1, 0.15) is 5.02 Å². The van der Waals surface area contributed by atoms with E-state index < -0.39 is 15.1 Å². The molecular weight excluding hydrogens is 530 g/mol. The molecule has 0 radical (unpaired) electrons. The van der Waals surface area contributed by atoms with E-state index in [1.807, 2.05) is 0 Å². The monoisotopic (exact) mass is 569 g/mol. The molecule has 1 aromatic heterocycles. The number of rotatable bonds is 10. The van der Waals surface area contributed by atoms with E-state index in [2.05, 4.69) is 58.8 Å². The van der Waals surface area contributed by atoms with E-state index in [1.54, 1.807) is 38.1 Å². The van der Waals surface area contributed by atoms with Crippen molar-refractivity contribution in [3.63, 3.8) is 0 Å². The van der Waals surface area contributed by atoms with Gasteiger partial charge in [-0.15, -0.1) is 0 Å². The normalized spacial score (nSPS) is 14.7. The molecular formula is C30H40ClN5O2S. The molecule has 1 aliphatic rings. The van der Waals surface area contributed by atoms with Crippen molar-refractivity contribution in [3.8, 4) is 0 Å². The van der Waals surface area contributed by atoms with Gasteiger partial charge in [0.2, 0.25) is 5.95 Å². The number of sulfone groups is 1. The second-order valence-corrected chi connectivity index (χ2v) is 13.9. The number of aryl methyl sites for hydroxylation is 2. The number of halogens is 1. The summed E-state index contributed by atoms with van der Waals surface area (Å²) in [5, 5.41) is 9.78. The molecule has 210 valence electrons. The number of nitrogens with zero attached hydrogens (tertiary/aromatic N) is 2. The largest absolute Gasteiger partial charge is 0.338 e. The second kappa shape index (κ2) is 12.7. The SMILES string of the molecule is Cc1cc(Nc2ncc(Cl)c(Nc3ccccc3S(=O)(=O)C(C)C)n2)c(CCC(C)C)cc1C1CCNCC1. The standard InChI is InChI=1S/C30H40ClN5O2S/c1-19(2)10-11-23-17-24(22-12-14-32-15-13-22)21(5)16-27(23)35-30-33-18-25(31)29(36-30)34-26-8-6-7-9-28(26)39(37,38)20(3)4/h6-9,16-20,22,32H,10-15H2,1-5H3,(H2,33,34,35,36). The van der Waals surface area contributed by atoms with Crippen molar-refractivity contribution < 1.29 is 8.42 Å². The van der Waals surface area contributed by atoms with Crippen LogP contribution in [-0.4, -0.2) is 36.7 Å². The van der Waals surface area contributed by atoms with Crippen molar-refractivity contribution in [1.82, 2.24) is 15.3 Å². The third-order valence-corrected chi connectivity index (χ3v) is 9.81. The highest BCUT2D eigenvalue weighted by Crippen LogP contribution is 2.35. The van der Waals surface area contributed by atoms with Crippen molar-refractivity contribution in [2.75, 3.05) is 23.7 Å². The van der Waals surface area contributed by atoms with Gasteiger partial charge in [-0.05, 0) is 106 Å². The van der Waals surface area contributed by atoms with Crippen LogP contribution in [0.25, 0.3) is 0 Å². The highest BCUT2D eigenvalue weighted by molar-refractivity contribution is 7.92. The molecule has 1 fully saturated rings. The van der Waals surface area contributed by atoms with Crippen LogP contribution in [0.4, 0.5) is 23.1 Å². The highest BCUT2D eigenvalue weighted by Gasteiger charge is 2.23. The Morgan fingerprint density at radius 2 is 1.77 bits per heavy atom. The summed E-state index contributed by atoms with van der Waals surface area (Å²) in [6, 6.07) is 11.4. The van der Waals surface area contributed by atoms with E-state index in [0.717, 1.165) is 44.5 Å². The van der Waals surface area contributed by atoms with Crippen LogP contribution < -0.4 is 16.0 Å². The van der Waals surface area contributed by atoms with E-state index >= 15 is 0 Å². The molecule has 0 amide bonds. The van der Waals surface area contributed by atoms with Crippen LogP contribution in [0.15, 0.2) is 47.5 Å². The van der Waals surface area contributed by atoms with Crippen LogP contribution in [0.1, 0.15) is 69.6 Å². The average molecular weight is 570 g/mol. The van der Waals surface area contributed by atoms with Crippen molar-refractivity contribution in [1.29, 1.82) is 0 Å². The molecule has 4 rings (SSSR count). The third-order valence-electron chi connectivity index (χ3n) is 7.32. The van der Waals surface area contributed by atoms with Gasteiger partial charge in [-0.3, -0.25) is 0 Å². The van der Waals surface area contributed by atoms with Crippen LogP contribution in [0.3, 0.4) is 0 Å². The first-order valence-corrected chi connectivity index (χ1v) is 15.7. The fourth-order valence-electron chi connectivity index (χ4n) is 4.95. The lowest BCUT2D eigenvalue weighted by molar-refractivity contribution is 0.459. The molecule has 0 bridgehead atoms. The topological polar surface area (TPSA) is 96.0 Å². The van der Waals surface area contributed by atoms with Gasteiger partial charge in [-0.2, -0.15) is 4.98 Å². The summed E-state index contributed by atoms with van der Waals surface area (Å²) >= 11 is 6.46. The number of piperidine rings is 1. The quantitative estimate of drug-likeness (QED) is 0.238. The second-order valence-electron chi connectivity index (χ2n) is 11.1. The summed E-state index contributed by atoms with van der Waals surface area (Å²) in [6.07, 6.45) is 5.88. The van der Waals surface area contributed by atoms with Gasteiger partial charge in [0, 0.05) is 5.69 Å². The van der Waals surface area contributed by atoms with E-state index in [1.165, 1.54) is 22.9 Å². The van der Waals surface area contributed by atoms with Crippen molar-refractivity contribution >= 4 is 44.6 Å². The smallest absolute Gasteiger partial charge is 0.229 e. The van der Waals surface area contributed by atoms with E-state index in [-0.39, 0.29) is 4.90 Å². The van der Waals surface area contributed by atoms with Gasteiger partial charge in [0.15, 0.2) is 15.7 Å². The molecule has 0 saturated carbocycles. The molecule has 2 heterocycles. The summed E-state index contributed by atoms with van der Waals surface area (Å²) in [4.78, 5) is 9.29. The maximum absolute atomic E-state index is 12.9. The first-order chi connectivity index (χ1) is 18.6. The fraction of sp³-hybridized carbons (Fsp3) is 0.467. The van der Waals surface area contributed by atoms with Gasteiger partial charge < -0.3 is 16.0 Å². The van der Waals surface area contributed by atoms with Crippen LogP contribution >= 0.6 is 11.6 Å². The van der Waals surface area contributed by atoms with Gasteiger partial charge in [0.25, 0.3) is 0 Å². The number of anilines is 4. The van der Waals surface area contributed by atoms with Crippen LogP contribution in [0, 0.1) is 12.8 Å². The highest BCUT2D eigenvalue weighted by atomic mass is 35.5. The van der Waals surface area contributed by atoms with Crippen molar-refractivity contribution in [2.45, 2.75) is 76.4 Å². The van der Waals surface area contributed by atoms with Gasteiger partial charge in [-0.1, -0.05) is 43.6 Å². The van der Waals surface area contributed by atoms with E-state index in [4.69, 9.17) is 11.6 Å². The predicted molar refractivity (Wildman–Crippen MR) is 162 cm³/mol. The van der Waals surface area contributed by atoms with Crippen molar-refractivity contribution in [2.24, 2.45) is 5.92 Å². The number of aromatic nitrogens is 2. The Hall–Kier alpha value is -2.68. The number of para-hydroxylation sites is 1. The van der Waals surface area contributed by atoms with E-state index in [9.17, 15) is 8.42 Å². The van der Waals surface area contributed by atoms with Crippen molar-refractivity contribution in [3.05, 3.63) is 64.3 Å². The van der Waals surface area contributed by atoms with Crippen LogP contribution in [0.5, 0.6) is 0 Å². The predicted octanol–water partition coefficient (Wildman–Crippen LogP) is 7.16. The molecule has 9 heteroatoms. The summed E-state index contributed by atoms with van der Waals surface area (Å²) in [5.74, 6) is 1.90. The Balaban J connectivity index is 1.66. The molecule has 39 heavy (non-hydrogen) atoms. The Labute approximate surface area is 238 Å². The molecule has 0 atom stereocenters. The first kappa shape index (κ1) is 29.3. The average Bonchev–Trinajstić information content (AvgIpc) is 2.90. The maximum Gasteiger partial charge on any atom is 0.229 e. The summed E-state index contributed by atoms with van der Waals surface area (Å²) in [7, 11) is -3.51. The summed E-state index contributed by atoms with van der Waals surface area (Å²) in [6.45, 7) is 12.1. The molecule has 2 aromatic carbocycles. The van der Waals surface area contributed by atoms with Gasteiger partial charge >= 0.3 is 0 Å². The Kier molecular flexibility index (Phi) is 9.51. The summed E-state index contributed by atoms with van der Waals surface area (Å²) in [5.41, 5.74) is 5.37. The molecule has 0 spiro atoms. The first-order valence-electron chi connectivity index (χ1n) is 13.8. The van der Waals surface area contributed by atoms with E-state index in [0.29, 0.717) is 34.3 Å². The third kappa shape index (κ3) is 7.10. The Morgan fingerprint density at radius 1 is 1.05 bits per heavy atom. The number of hydrogen-bond donors (Lipinski definition) is 3. The van der Waals surface area contributed by atoms with Crippen LogP contribution in [0.2, 0.25) is 5.02 Å². The minimum absolute atomic E-state index is 0.212. The number of hydrogen-bond acceptors (Lipinski definition) is 7. The zero-order valence-corrected chi connectivity index (χ0v) is 25.1. The Morgan fingerprint density at radius 3 is 2.46 bits per heavy atom. The maximum atomic E-state index is 12.9. The molecule has 0 aliphatic carbocycles. The minimum Gasteiger partial charge on any atom is -0.338 e. The molecule has 3 N–H and O–H groups in total. The van der Waals surface area contributed by atoms with Gasteiger partial charge in [-0.25, -0.2) is 13.4 Å². The molecule has 7 nitrogen and oxygen atoms in total. The fourth-order valence-corrected chi connectivity index (χ4v) is 6.29. The minimum atomic E-state index is -3.51. The lowest BCUT2D eigenvalue weighted by atomic mass is 9.85. The number of nitrogens with one attached hydrogen (secondary N) is 3. The van der Waals surface area contributed by atoms with Gasteiger partial charge in [0.05, 0.1) is 22.0 Å². The molecule has 3 aromatic rings.